The summed E-state index contributed by atoms with van der Waals surface area (Å²) in [6, 6.07) is 9.96. The van der Waals surface area contributed by atoms with Crippen LogP contribution in [0, 0.1) is 0 Å². The molecule has 0 aromatic heterocycles. The maximum Gasteiger partial charge on any atom is 0.184 e. The second-order valence-electron chi connectivity index (χ2n) is 3.55. The van der Waals surface area contributed by atoms with Gasteiger partial charge < -0.3 is 9.47 Å². The first-order chi connectivity index (χ1) is 6.77. The summed E-state index contributed by atoms with van der Waals surface area (Å²) in [5.74, 6) is 0. The van der Waals surface area contributed by atoms with Gasteiger partial charge in [0.15, 0.2) is 6.29 Å². The van der Waals surface area contributed by atoms with Crippen molar-refractivity contribution in [3.8, 4) is 0 Å². The van der Waals surface area contributed by atoms with Gasteiger partial charge in [-0.2, -0.15) is 0 Å². The summed E-state index contributed by atoms with van der Waals surface area (Å²) in [6.45, 7) is 6.43. The van der Waals surface area contributed by atoms with Crippen molar-refractivity contribution in [2.45, 2.75) is 19.3 Å². The van der Waals surface area contributed by atoms with Crippen LogP contribution in [0.1, 0.15) is 18.8 Å². The molecule has 0 aliphatic carbocycles. The first-order valence-electron chi connectivity index (χ1n) is 4.75. The maximum atomic E-state index is 5.69. The van der Waals surface area contributed by atoms with Gasteiger partial charge in [0.2, 0.25) is 0 Å². The second kappa shape index (κ2) is 3.95. The van der Waals surface area contributed by atoms with Gasteiger partial charge in [0.05, 0.1) is 6.61 Å². The summed E-state index contributed by atoms with van der Waals surface area (Å²) in [5, 5.41) is 0. The van der Waals surface area contributed by atoms with E-state index in [0.29, 0.717) is 6.61 Å². The van der Waals surface area contributed by atoms with Gasteiger partial charge in [0, 0.05) is 5.56 Å². The van der Waals surface area contributed by atoms with Crippen LogP contribution >= 0.6 is 0 Å². The summed E-state index contributed by atoms with van der Waals surface area (Å²) < 4.78 is 11.2. The van der Waals surface area contributed by atoms with E-state index in [9.17, 15) is 0 Å². The Morgan fingerprint density at radius 2 is 2.07 bits per heavy atom. The molecule has 2 unspecified atom stereocenters. The van der Waals surface area contributed by atoms with Gasteiger partial charge in [-0.05, 0) is 12.5 Å². The Morgan fingerprint density at radius 3 is 2.64 bits per heavy atom. The molecule has 2 heteroatoms. The minimum Gasteiger partial charge on any atom is -0.345 e. The summed E-state index contributed by atoms with van der Waals surface area (Å²) in [7, 11) is 0. The summed E-state index contributed by atoms with van der Waals surface area (Å²) in [4.78, 5) is 0. The Kier molecular flexibility index (Phi) is 2.66. The molecule has 1 aromatic carbocycles. The minimum atomic E-state index is -0.224. The summed E-state index contributed by atoms with van der Waals surface area (Å²) in [6.07, 6.45) is -0.182. The number of hydrogen-bond donors (Lipinski definition) is 0. The molecule has 1 aliphatic rings. The Hall–Kier alpha value is -1.12. The summed E-state index contributed by atoms with van der Waals surface area (Å²) in [5.41, 5.74) is 2.08. The average Bonchev–Trinajstić information content (AvgIpc) is 2.68. The number of hydrogen-bond acceptors (Lipinski definition) is 2. The largest absolute Gasteiger partial charge is 0.345 e. The van der Waals surface area contributed by atoms with Crippen LogP contribution in [0.3, 0.4) is 0 Å². The molecule has 2 atom stereocenters. The molecule has 0 N–H and O–H groups in total. The highest BCUT2D eigenvalue weighted by molar-refractivity contribution is 5.17. The number of ether oxygens (including phenoxy) is 2. The standard InChI is InChI=1S/C12H14O2/c1-9(2)11-8-13-12(14-11)10-6-4-3-5-7-10/h3-7,11-12H,1,8H2,2H3. The van der Waals surface area contributed by atoms with Crippen LogP contribution < -0.4 is 0 Å². The van der Waals surface area contributed by atoms with Crippen molar-refractivity contribution in [1.82, 2.24) is 0 Å². The highest BCUT2D eigenvalue weighted by Gasteiger charge is 2.27. The molecule has 0 amide bonds. The fourth-order valence-electron chi connectivity index (χ4n) is 1.45. The van der Waals surface area contributed by atoms with E-state index in [0.717, 1.165) is 11.1 Å². The number of rotatable bonds is 2. The molecular formula is C12H14O2. The van der Waals surface area contributed by atoms with Crippen molar-refractivity contribution >= 4 is 0 Å². The molecule has 1 fully saturated rings. The minimum absolute atomic E-state index is 0.0419. The zero-order valence-corrected chi connectivity index (χ0v) is 8.27. The van der Waals surface area contributed by atoms with E-state index in [2.05, 4.69) is 6.58 Å². The van der Waals surface area contributed by atoms with Crippen LogP contribution in [0.4, 0.5) is 0 Å². The molecule has 0 radical (unpaired) electrons. The molecule has 0 spiro atoms. The van der Waals surface area contributed by atoms with Gasteiger partial charge in [-0.1, -0.05) is 36.9 Å². The fraction of sp³-hybridized carbons (Fsp3) is 0.333. The van der Waals surface area contributed by atoms with Crippen molar-refractivity contribution < 1.29 is 9.47 Å². The van der Waals surface area contributed by atoms with Gasteiger partial charge in [-0.15, -0.1) is 0 Å². The average molecular weight is 190 g/mol. The predicted octanol–water partition coefficient (Wildman–Crippen LogP) is 2.68. The molecule has 2 nitrogen and oxygen atoms in total. The normalized spacial score (nSPS) is 26.4. The van der Waals surface area contributed by atoms with E-state index in [1.807, 2.05) is 37.3 Å². The monoisotopic (exact) mass is 190 g/mol. The third-order valence-electron chi connectivity index (χ3n) is 2.31. The summed E-state index contributed by atoms with van der Waals surface area (Å²) >= 11 is 0. The van der Waals surface area contributed by atoms with E-state index in [1.54, 1.807) is 0 Å². The van der Waals surface area contributed by atoms with Crippen LogP contribution in [0.5, 0.6) is 0 Å². The highest BCUT2D eigenvalue weighted by atomic mass is 16.7. The molecule has 2 rings (SSSR count). The first-order valence-corrected chi connectivity index (χ1v) is 4.75. The van der Waals surface area contributed by atoms with Crippen LogP contribution in [-0.4, -0.2) is 12.7 Å². The van der Waals surface area contributed by atoms with Crippen molar-refractivity contribution in [1.29, 1.82) is 0 Å². The molecule has 14 heavy (non-hydrogen) atoms. The van der Waals surface area contributed by atoms with Crippen molar-refractivity contribution in [3.05, 3.63) is 48.0 Å². The van der Waals surface area contributed by atoms with Gasteiger partial charge in [-0.25, -0.2) is 0 Å². The van der Waals surface area contributed by atoms with Crippen molar-refractivity contribution in [2.75, 3.05) is 6.61 Å². The van der Waals surface area contributed by atoms with Crippen LogP contribution in [0.15, 0.2) is 42.5 Å². The Bertz CT molecular complexity index is 318. The third kappa shape index (κ3) is 1.86. The van der Waals surface area contributed by atoms with E-state index in [-0.39, 0.29) is 12.4 Å². The second-order valence-corrected chi connectivity index (χ2v) is 3.55. The topological polar surface area (TPSA) is 18.5 Å². The first kappa shape index (κ1) is 9.44. The smallest absolute Gasteiger partial charge is 0.184 e. The Morgan fingerprint density at radius 1 is 1.36 bits per heavy atom. The maximum absolute atomic E-state index is 5.69. The third-order valence-corrected chi connectivity index (χ3v) is 2.31. The van der Waals surface area contributed by atoms with Crippen LogP contribution in [-0.2, 0) is 9.47 Å². The lowest BCUT2D eigenvalue weighted by Crippen LogP contribution is -2.09. The Labute approximate surface area is 84.2 Å². The van der Waals surface area contributed by atoms with Gasteiger partial charge >= 0.3 is 0 Å². The van der Waals surface area contributed by atoms with E-state index >= 15 is 0 Å². The quantitative estimate of drug-likeness (QED) is 0.667. The molecule has 1 aliphatic heterocycles. The van der Waals surface area contributed by atoms with Crippen molar-refractivity contribution in [2.24, 2.45) is 0 Å². The lowest BCUT2D eigenvalue weighted by atomic mass is 10.2. The molecule has 0 saturated carbocycles. The fourth-order valence-corrected chi connectivity index (χ4v) is 1.45. The van der Waals surface area contributed by atoms with E-state index < -0.39 is 0 Å². The predicted molar refractivity (Wildman–Crippen MR) is 54.8 cm³/mol. The van der Waals surface area contributed by atoms with Gasteiger partial charge in [0.1, 0.15) is 6.10 Å². The molecule has 1 saturated heterocycles. The van der Waals surface area contributed by atoms with Gasteiger partial charge in [-0.3, -0.25) is 0 Å². The molecule has 74 valence electrons. The van der Waals surface area contributed by atoms with Crippen LogP contribution in [0.25, 0.3) is 0 Å². The van der Waals surface area contributed by atoms with Crippen LogP contribution in [0.2, 0.25) is 0 Å². The lowest BCUT2D eigenvalue weighted by molar-refractivity contribution is -0.0547. The number of benzene rings is 1. The zero-order valence-electron chi connectivity index (χ0n) is 8.27. The molecule has 1 aromatic rings. The van der Waals surface area contributed by atoms with E-state index in [4.69, 9.17) is 9.47 Å². The van der Waals surface area contributed by atoms with E-state index in [1.165, 1.54) is 0 Å². The zero-order chi connectivity index (χ0) is 9.97. The van der Waals surface area contributed by atoms with Gasteiger partial charge in [0.25, 0.3) is 0 Å². The highest BCUT2D eigenvalue weighted by Crippen LogP contribution is 2.28. The molecular weight excluding hydrogens is 176 g/mol. The lowest BCUT2D eigenvalue weighted by Gasteiger charge is -2.11. The Balaban J connectivity index is 2.06. The SMILES string of the molecule is C=C(C)C1COC(c2ccccc2)O1. The molecule has 1 heterocycles. The van der Waals surface area contributed by atoms with Crippen molar-refractivity contribution in [3.63, 3.8) is 0 Å². The molecule has 0 bridgehead atoms.